The van der Waals surface area contributed by atoms with Crippen molar-refractivity contribution >= 4 is 0 Å². The predicted molar refractivity (Wildman–Crippen MR) is 75.9 cm³/mol. The standard InChI is InChI=1S/C15H13N3O3/c1-9-3-4-11(13(7-9)20-2)14-17-15(21-18-14)10-5-6-16-8-12(10)19/h3-8,19H,1-2H3. The molecule has 2 heterocycles. The quantitative estimate of drug-likeness (QED) is 0.796. The molecule has 6 nitrogen and oxygen atoms in total. The fraction of sp³-hybridized carbons (Fsp3) is 0.133. The highest BCUT2D eigenvalue weighted by molar-refractivity contribution is 5.68. The number of aryl methyl sites for hydroxylation is 1. The summed E-state index contributed by atoms with van der Waals surface area (Å²) in [7, 11) is 1.59. The number of hydrogen-bond donors (Lipinski definition) is 1. The van der Waals surface area contributed by atoms with E-state index in [0.717, 1.165) is 11.1 Å². The third-order valence-corrected chi connectivity index (χ3v) is 3.05. The molecule has 0 fully saturated rings. The zero-order valence-corrected chi connectivity index (χ0v) is 11.6. The molecule has 1 aromatic carbocycles. The number of benzene rings is 1. The summed E-state index contributed by atoms with van der Waals surface area (Å²) >= 11 is 0. The Kier molecular flexibility index (Phi) is 3.27. The molecule has 2 aromatic heterocycles. The average molecular weight is 283 g/mol. The molecule has 21 heavy (non-hydrogen) atoms. The third-order valence-electron chi connectivity index (χ3n) is 3.05. The summed E-state index contributed by atoms with van der Waals surface area (Å²) in [6, 6.07) is 7.32. The molecule has 0 aliphatic heterocycles. The molecule has 0 saturated carbocycles. The first-order chi connectivity index (χ1) is 10.2. The fourth-order valence-electron chi connectivity index (χ4n) is 1.99. The predicted octanol–water partition coefficient (Wildman–Crippen LogP) is 2.82. The van der Waals surface area contributed by atoms with Gasteiger partial charge in [-0.2, -0.15) is 4.98 Å². The molecular formula is C15H13N3O3. The Morgan fingerprint density at radius 2 is 2.05 bits per heavy atom. The maximum absolute atomic E-state index is 9.77. The van der Waals surface area contributed by atoms with Gasteiger partial charge in [-0.3, -0.25) is 4.98 Å². The van der Waals surface area contributed by atoms with E-state index in [9.17, 15) is 5.11 Å². The topological polar surface area (TPSA) is 81.3 Å². The summed E-state index contributed by atoms with van der Waals surface area (Å²) < 4.78 is 10.5. The van der Waals surface area contributed by atoms with Crippen LogP contribution in [0.3, 0.4) is 0 Å². The Hall–Kier alpha value is -2.89. The van der Waals surface area contributed by atoms with Gasteiger partial charge >= 0.3 is 0 Å². The largest absolute Gasteiger partial charge is 0.505 e. The highest BCUT2D eigenvalue weighted by atomic mass is 16.5. The Bertz CT molecular complexity index is 783. The van der Waals surface area contributed by atoms with Crippen LogP contribution in [0.1, 0.15) is 5.56 Å². The Morgan fingerprint density at radius 3 is 2.81 bits per heavy atom. The molecule has 3 rings (SSSR count). The smallest absolute Gasteiger partial charge is 0.262 e. The van der Waals surface area contributed by atoms with Crippen LogP contribution in [0.5, 0.6) is 11.5 Å². The van der Waals surface area contributed by atoms with Crippen LogP contribution in [0, 0.1) is 6.92 Å². The van der Waals surface area contributed by atoms with Crippen LogP contribution < -0.4 is 4.74 Å². The van der Waals surface area contributed by atoms with Gasteiger partial charge in [-0.15, -0.1) is 0 Å². The van der Waals surface area contributed by atoms with Crippen molar-refractivity contribution in [2.75, 3.05) is 7.11 Å². The van der Waals surface area contributed by atoms with E-state index >= 15 is 0 Å². The molecule has 0 spiro atoms. The zero-order chi connectivity index (χ0) is 14.8. The normalized spacial score (nSPS) is 10.6. The Balaban J connectivity index is 2.05. The number of methoxy groups -OCH3 is 1. The van der Waals surface area contributed by atoms with Crippen molar-refractivity contribution in [2.24, 2.45) is 0 Å². The minimum absolute atomic E-state index is 0.0106. The lowest BCUT2D eigenvalue weighted by molar-refractivity contribution is 0.412. The molecule has 3 aromatic rings. The number of aromatic hydroxyl groups is 1. The molecule has 0 aliphatic rings. The molecule has 0 atom stereocenters. The summed E-state index contributed by atoms with van der Waals surface area (Å²) in [5, 5.41) is 13.7. The van der Waals surface area contributed by atoms with Gasteiger partial charge < -0.3 is 14.4 Å². The molecule has 1 N–H and O–H groups in total. The van der Waals surface area contributed by atoms with Gasteiger partial charge in [0.15, 0.2) is 0 Å². The van der Waals surface area contributed by atoms with Crippen LogP contribution in [-0.2, 0) is 0 Å². The molecule has 0 unspecified atom stereocenters. The van der Waals surface area contributed by atoms with Crippen molar-refractivity contribution in [2.45, 2.75) is 6.92 Å². The minimum atomic E-state index is -0.0106. The minimum Gasteiger partial charge on any atom is -0.505 e. The highest BCUT2D eigenvalue weighted by Crippen LogP contribution is 2.32. The number of aromatic nitrogens is 3. The van der Waals surface area contributed by atoms with Gasteiger partial charge in [0.1, 0.15) is 11.5 Å². The molecule has 106 valence electrons. The Labute approximate surface area is 121 Å². The second-order valence-corrected chi connectivity index (χ2v) is 4.52. The van der Waals surface area contributed by atoms with Crippen molar-refractivity contribution in [1.29, 1.82) is 0 Å². The van der Waals surface area contributed by atoms with Crippen LogP contribution in [0.15, 0.2) is 41.2 Å². The summed E-state index contributed by atoms with van der Waals surface area (Å²) in [5.41, 5.74) is 2.24. The lowest BCUT2D eigenvalue weighted by atomic mass is 10.1. The number of rotatable bonds is 3. The van der Waals surface area contributed by atoms with Crippen molar-refractivity contribution in [3.8, 4) is 34.3 Å². The summed E-state index contributed by atoms with van der Waals surface area (Å²) in [6.07, 6.45) is 2.87. The molecule has 0 aliphatic carbocycles. The highest BCUT2D eigenvalue weighted by Gasteiger charge is 2.16. The van der Waals surface area contributed by atoms with Crippen molar-refractivity contribution in [3.63, 3.8) is 0 Å². The van der Waals surface area contributed by atoms with Crippen molar-refractivity contribution in [1.82, 2.24) is 15.1 Å². The van der Waals surface area contributed by atoms with E-state index in [-0.39, 0.29) is 11.6 Å². The van der Waals surface area contributed by atoms with Gasteiger partial charge in [-0.05, 0) is 30.7 Å². The van der Waals surface area contributed by atoms with E-state index in [2.05, 4.69) is 15.1 Å². The maximum atomic E-state index is 9.77. The summed E-state index contributed by atoms with van der Waals surface area (Å²) in [6.45, 7) is 1.98. The van der Waals surface area contributed by atoms with Gasteiger partial charge in [0.25, 0.3) is 5.89 Å². The summed E-state index contributed by atoms with van der Waals surface area (Å²) in [4.78, 5) is 8.12. The molecule has 0 saturated heterocycles. The average Bonchev–Trinajstić information content (AvgIpc) is 2.97. The fourth-order valence-corrected chi connectivity index (χ4v) is 1.99. The first-order valence-corrected chi connectivity index (χ1v) is 6.31. The molecule has 0 radical (unpaired) electrons. The van der Waals surface area contributed by atoms with Crippen LogP contribution >= 0.6 is 0 Å². The van der Waals surface area contributed by atoms with Crippen LogP contribution in [0.2, 0.25) is 0 Å². The van der Waals surface area contributed by atoms with Gasteiger partial charge in [-0.25, -0.2) is 0 Å². The van der Waals surface area contributed by atoms with Crippen molar-refractivity contribution < 1.29 is 14.4 Å². The SMILES string of the molecule is COc1cc(C)ccc1-c1noc(-c2ccncc2O)n1. The first-order valence-electron chi connectivity index (χ1n) is 6.31. The van der Waals surface area contributed by atoms with E-state index in [1.807, 2.05) is 25.1 Å². The number of ether oxygens (including phenoxy) is 1. The van der Waals surface area contributed by atoms with E-state index < -0.39 is 0 Å². The van der Waals surface area contributed by atoms with Gasteiger partial charge in [0.05, 0.1) is 24.4 Å². The van der Waals surface area contributed by atoms with Crippen molar-refractivity contribution in [3.05, 3.63) is 42.2 Å². The molecular weight excluding hydrogens is 270 g/mol. The maximum Gasteiger partial charge on any atom is 0.262 e. The number of hydrogen-bond acceptors (Lipinski definition) is 6. The molecule has 0 amide bonds. The molecule has 0 bridgehead atoms. The second kappa shape index (κ2) is 5.24. The van der Waals surface area contributed by atoms with Gasteiger partial charge in [-0.1, -0.05) is 11.2 Å². The third kappa shape index (κ3) is 2.43. The van der Waals surface area contributed by atoms with Crippen LogP contribution in [-0.4, -0.2) is 27.3 Å². The lowest BCUT2D eigenvalue weighted by Gasteiger charge is -2.05. The zero-order valence-electron chi connectivity index (χ0n) is 11.6. The molecule has 6 heteroatoms. The van der Waals surface area contributed by atoms with E-state index in [0.29, 0.717) is 17.1 Å². The van der Waals surface area contributed by atoms with Crippen LogP contribution in [0.4, 0.5) is 0 Å². The lowest BCUT2D eigenvalue weighted by Crippen LogP contribution is -1.90. The monoisotopic (exact) mass is 283 g/mol. The van der Waals surface area contributed by atoms with E-state index in [1.165, 1.54) is 6.20 Å². The van der Waals surface area contributed by atoms with Gasteiger partial charge in [0, 0.05) is 6.20 Å². The second-order valence-electron chi connectivity index (χ2n) is 4.52. The number of nitrogens with zero attached hydrogens (tertiary/aromatic N) is 3. The van der Waals surface area contributed by atoms with Crippen LogP contribution in [0.25, 0.3) is 22.8 Å². The number of pyridine rings is 1. The summed E-state index contributed by atoms with van der Waals surface area (Å²) in [5.74, 6) is 1.29. The van der Waals surface area contributed by atoms with E-state index in [4.69, 9.17) is 9.26 Å². The first kappa shape index (κ1) is 13.1. The van der Waals surface area contributed by atoms with Gasteiger partial charge in [0.2, 0.25) is 5.82 Å². The van der Waals surface area contributed by atoms with E-state index in [1.54, 1.807) is 19.4 Å². The Morgan fingerprint density at radius 1 is 1.19 bits per heavy atom.